The van der Waals surface area contributed by atoms with Gasteiger partial charge in [-0.1, -0.05) is 12.1 Å². The molecule has 1 aliphatic heterocycles. The summed E-state index contributed by atoms with van der Waals surface area (Å²) in [7, 11) is 1.63. The van der Waals surface area contributed by atoms with Gasteiger partial charge in [-0.2, -0.15) is 0 Å². The van der Waals surface area contributed by atoms with Crippen molar-refractivity contribution in [2.75, 3.05) is 20.1 Å². The summed E-state index contributed by atoms with van der Waals surface area (Å²) < 4.78 is 0.881. The Balaban J connectivity index is 1.75. The Morgan fingerprint density at radius 3 is 2.78 bits per heavy atom. The zero-order valence-electron chi connectivity index (χ0n) is 18.1. The molecule has 0 aliphatic carbocycles. The van der Waals surface area contributed by atoms with Gasteiger partial charge in [-0.3, -0.25) is 19.8 Å². The van der Waals surface area contributed by atoms with Crippen molar-refractivity contribution >= 4 is 45.1 Å². The highest BCUT2D eigenvalue weighted by molar-refractivity contribution is 7.20. The van der Waals surface area contributed by atoms with Gasteiger partial charge in [0.2, 0.25) is 17.6 Å². The van der Waals surface area contributed by atoms with Gasteiger partial charge in [0.15, 0.2) is 11.0 Å². The van der Waals surface area contributed by atoms with Crippen molar-refractivity contribution < 1.29 is 19.5 Å². The number of nitrogens with zero attached hydrogens (tertiary/aromatic N) is 2. The molecule has 1 aliphatic rings. The lowest BCUT2D eigenvalue weighted by Gasteiger charge is -2.25. The van der Waals surface area contributed by atoms with Gasteiger partial charge in [0.25, 0.3) is 0 Å². The minimum Gasteiger partial charge on any atom is -0.391 e. The number of nitrogens with one attached hydrogen (secondary N) is 4. The number of hydrogen-bond acceptors (Lipinski definition) is 7. The lowest BCUT2D eigenvalue weighted by molar-refractivity contribution is -0.137. The van der Waals surface area contributed by atoms with E-state index in [1.54, 1.807) is 7.05 Å². The molecule has 1 aromatic heterocycles. The van der Waals surface area contributed by atoms with Crippen molar-refractivity contribution in [3.05, 3.63) is 29.3 Å². The third kappa shape index (κ3) is 5.60. The molecule has 0 radical (unpaired) electrons. The molecule has 172 valence electrons. The average Bonchev–Trinajstić information content (AvgIpc) is 3.38. The fraction of sp³-hybridized carbons (Fsp3) is 0.476. The molecule has 1 fully saturated rings. The number of rotatable bonds is 8. The second-order valence-electron chi connectivity index (χ2n) is 7.68. The van der Waals surface area contributed by atoms with Crippen molar-refractivity contribution in [2.45, 2.75) is 44.4 Å². The van der Waals surface area contributed by atoms with Crippen LogP contribution < -0.4 is 16.0 Å². The molecule has 0 saturated carbocycles. The van der Waals surface area contributed by atoms with Crippen LogP contribution in [-0.4, -0.2) is 76.9 Å². The van der Waals surface area contributed by atoms with Crippen LogP contribution in [0.1, 0.15) is 36.0 Å². The average molecular weight is 461 g/mol. The molecule has 3 rings (SSSR count). The van der Waals surface area contributed by atoms with Gasteiger partial charge in [0, 0.05) is 33.5 Å². The van der Waals surface area contributed by atoms with Crippen LogP contribution in [0.3, 0.4) is 0 Å². The summed E-state index contributed by atoms with van der Waals surface area (Å²) in [6.07, 6.45) is 0.216. The number of aliphatic hydroxyl groups is 1. The first-order chi connectivity index (χ1) is 15.3. The van der Waals surface area contributed by atoms with Gasteiger partial charge < -0.3 is 26.0 Å². The number of guanidine groups is 1. The third-order valence-corrected chi connectivity index (χ3v) is 6.40. The summed E-state index contributed by atoms with van der Waals surface area (Å²) in [4.78, 5) is 43.8. The third-order valence-electron chi connectivity index (χ3n) is 5.35. The molecule has 1 aromatic carbocycles. The molecule has 11 heteroatoms. The molecule has 5 N–H and O–H groups in total. The van der Waals surface area contributed by atoms with Crippen molar-refractivity contribution in [2.24, 2.45) is 0 Å². The highest BCUT2D eigenvalue weighted by atomic mass is 32.1. The fourth-order valence-electron chi connectivity index (χ4n) is 3.68. The summed E-state index contributed by atoms with van der Waals surface area (Å²) in [5.41, 5.74) is 0.719. The molecular weight excluding hydrogens is 432 g/mol. The van der Waals surface area contributed by atoms with Crippen LogP contribution >= 0.6 is 11.3 Å². The van der Waals surface area contributed by atoms with Crippen LogP contribution in [-0.2, 0) is 9.59 Å². The number of likely N-dealkylation sites (tertiary alicyclic amines) is 1. The number of amides is 2. The summed E-state index contributed by atoms with van der Waals surface area (Å²) in [5, 5.41) is 26.2. The van der Waals surface area contributed by atoms with E-state index in [1.165, 1.54) is 23.2 Å². The lowest BCUT2D eigenvalue weighted by atomic mass is 10.1. The Kier molecular flexibility index (Phi) is 7.75. The number of aromatic nitrogens is 1. The number of hydrogen-bond donors (Lipinski definition) is 5. The highest BCUT2D eigenvalue weighted by Crippen LogP contribution is 2.24. The number of thiazole rings is 1. The van der Waals surface area contributed by atoms with Crippen LogP contribution in [0.2, 0.25) is 0 Å². The first kappa shape index (κ1) is 23.6. The van der Waals surface area contributed by atoms with Gasteiger partial charge in [-0.25, -0.2) is 4.98 Å². The zero-order chi connectivity index (χ0) is 23.3. The van der Waals surface area contributed by atoms with Gasteiger partial charge in [0.1, 0.15) is 6.04 Å². The highest BCUT2D eigenvalue weighted by Gasteiger charge is 2.39. The van der Waals surface area contributed by atoms with E-state index in [9.17, 15) is 19.5 Å². The molecule has 0 spiro atoms. The molecule has 3 atom stereocenters. The van der Waals surface area contributed by atoms with Crippen LogP contribution in [0.5, 0.6) is 0 Å². The standard InChI is InChI=1S/C21H28N6O4S/c1-12(28)27-11-13(29)10-16(27)19(31)25-15(7-5-9-24-21(22)23-2)18(30)20-26-14-6-3-4-8-17(14)32-20/h3-4,6,8,13,15-16,29H,5,7,9-11H2,1-2H3,(H,25,31)(H3,22,23,24)/t13-,15+,16+/m1/s1. The fourth-order valence-corrected chi connectivity index (χ4v) is 4.64. The maximum absolute atomic E-state index is 13.3. The Morgan fingerprint density at radius 1 is 1.34 bits per heavy atom. The van der Waals surface area contributed by atoms with E-state index >= 15 is 0 Å². The lowest BCUT2D eigenvalue weighted by Crippen LogP contribution is -2.50. The molecule has 2 heterocycles. The molecule has 0 bridgehead atoms. The summed E-state index contributed by atoms with van der Waals surface area (Å²) in [6.45, 7) is 1.89. The topological polar surface area (TPSA) is 148 Å². The first-order valence-electron chi connectivity index (χ1n) is 10.5. The smallest absolute Gasteiger partial charge is 0.243 e. The number of carbonyl (C=O) groups is 3. The summed E-state index contributed by atoms with van der Waals surface area (Å²) >= 11 is 1.27. The number of benzene rings is 1. The first-order valence-corrected chi connectivity index (χ1v) is 11.3. The molecule has 10 nitrogen and oxygen atoms in total. The van der Waals surface area contributed by atoms with Crippen molar-refractivity contribution in [3.63, 3.8) is 0 Å². The molecule has 1 saturated heterocycles. The van der Waals surface area contributed by atoms with Crippen molar-refractivity contribution in [3.8, 4) is 0 Å². The van der Waals surface area contributed by atoms with E-state index in [0.717, 1.165) is 10.2 Å². The van der Waals surface area contributed by atoms with Crippen molar-refractivity contribution in [1.29, 1.82) is 5.41 Å². The molecule has 0 unspecified atom stereocenters. The second kappa shape index (κ2) is 10.5. The largest absolute Gasteiger partial charge is 0.391 e. The van der Waals surface area contributed by atoms with E-state index < -0.39 is 24.1 Å². The van der Waals surface area contributed by atoms with Crippen LogP contribution in [0.4, 0.5) is 0 Å². The number of carbonyl (C=O) groups excluding carboxylic acids is 3. The van der Waals surface area contributed by atoms with E-state index in [-0.39, 0.29) is 30.6 Å². The van der Waals surface area contributed by atoms with Gasteiger partial charge in [-0.15, -0.1) is 11.3 Å². The number of β-amino-alcohol motifs (C(OH)–C–C–N with tert-alkyl or cyclic N) is 1. The molecular formula is C21H28N6O4S. The molecule has 2 amide bonds. The number of aliphatic hydroxyl groups excluding tert-OH is 1. The van der Waals surface area contributed by atoms with Gasteiger partial charge >= 0.3 is 0 Å². The number of ketones is 1. The normalized spacial score (nSPS) is 18.9. The Morgan fingerprint density at radius 2 is 2.09 bits per heavy atom. The molecule has 2 aromatic rings. The minimum atomic E-state index is -0.833. The monoisotopic (exact) mass is 460 g/mol. The number of para-hydroxylation sites is 1. The van der Waals surface area contributed by atoms with Crippen LogP contribution in [0.25, 0.3) is 10.2 Å². The molecule has 32 heavy (non-hydrogen) atoms. The van der Waals surface area contributed by atoms with Crippen LogP contribution in [0, 0.1) is 5.41 Å². The Labute approximate surface area is 189 Å². The van der Waals surface area contributed by atoms with E-state index in [1.807, 2.05) is 24.3 Å². The zero-order valence-corrected chi connectivity index (χ0v) is 18.9. The predicted octanol–water partition coefficient (Wildman–Crippen LogP) is 0.469. The van der Waals surface area contributed by atoms with E-state index in [2.05, 4.69) is 20.9 Å². The predicted molar refractivity (Wildman–Crippen MR) is 122 cm³/mol. The quantitative estimate of drug-likeness (QED) is 0.166. The summed E-state index contributed by atoms with van der Waals surface area (Å²) in [6, 6.07) is 5.78. The maximum atomic E-state index is 13.3. The van der Waals surface area contributed by atoms with Crippen LogP contribution in [0.15, 0.2) is 24.3 Å². The minimum absolute atomic E-state index is 0.0972. The van der Waals surface area contributed by atoms with Crippen molar-refractivity contribution in [1.82, 2.24) is 25.8 Å². The van der Waals surface area contributed by atoms with E-state index in [4.69, 9.17) is 5.41 Å². The van der Waals surface area contributed by atoms with E-state index in [0.29, 0.717) is 24.4 Å². The van der Waals surface area contributed by atoms with Gasteiger partial charge in [0.05, 0.1) is 22.4 Å². The Hall–Kier alpha value is -3.05. The second-order valence-corrected chi connectivity index (χ2v) is 8.71. The van der Waals surface area contributed by atoms with Gasteiger partial charge in [-0.05, 0) is 25.0 Å². The Bertz CT molecular complexity index is 976. The SMILES string of the molecule is CNC(=N)NCCC[C@H](NC(=O)[C@@H]1C[C@@H](O)CN1C(C)=O)C(=O)c1nc2ccccc2s1. The number of Topliss-reactive ketones (excluding diaryl/α,β-unsaturated/α-hetero) is 1. The maximum Gasteiger partial charge on any atom is 0.243 e. The summed E-state index contributed by atoms with van der Waals surface area (Å²) in [5.74, 6) is -0.894. The number of fused-ring (bicyclic) bond motifs is 1.